The van der Waals surface area contributed by atoms with E-state index in [1.807, 2.05) is 80.8 Å². The second-order valence-corrected chi connectivity index (χ2v) is 7.86. The Morgan fingerprint density at radius 3 is 2.29 bits per heavy atom. The molecular weight excluding hydrogens is 442 g/mol. The van der Waals surface area contributed by atoms with Gasteiger partial charge in [0.2, 0.25) is 5.88 Å². The Morgan fingerprint density at radius 1 is 0.914 bits per heavy atom. The molecule has 8 nitrogen and oxygen atoms in total. The highest BCUT2D eigenvalue weighted by Gasteiger charge is 2.19. The fourth-order valence-corrected chi connectivity index (χ4v) is 3.92. The molecule has 1 aliphatic carbocycles. The molecule has 5 rings (SSSR count). The van der Waals surface area contributed by atoms with Crippen molar-refractivity contribution in [1.29, 1.82) is 0 Å². The Kier molecular flexibility index (Phi) is 10.2. The maximum atomic E-state index is 8.36. The van der Waals surface area contributed by atoms with E-state index >= 15 is 0 Å². The first kappa shape index (κ1) is 25.8. The number of ether oxygens (including phenoxy) is 1. The molecule has 1 fully saturated rings. The van der Waals surface area contributed by atoms with Gasteiger partial charge in [0.05, 0.1) is 5.69 Å². The highest BCUT2D eigenvalue weighted by atomic mass is 16.5. The van der Waals surface area contributed by atoms with E-state index < -0.39 is 0 Å². The van der Waals surface area contributed by atoms with Crippen molar-refractivity contribution in [3.8, 4) is 17.1 Å². The molecule has 8 heteroatoms. The minimum atomic E-state index is -0.250. The first-order valence-electron chi connectivity index (χ1n) is 12.1. The molecule has 2 aliphatic rings. The van der Waals surface area contributed by atoms with Crippen molar-refractivity contribution < 1.29 is 14.6 Å². The van der Waals surface area contributed by atoms with Crippen molar-refractivity contribution in [3.05, 3.63) is 78.1 Å². The molecule has 1 unspecified atom stereocenters. The number of carboxylic acid groups (broad SMARTS) is 1. The van der Waals surface area contributed by atoms with Gasteiger partial charge >= 0.3 is 0 Å². The average Bonchev–Trinajstić information content (AvgIpc) is 3.43. The smallest absolute Gasteiger partial charge is 0.290 e. The first-order valence-corrected chi connectivity index (χ1v) is 12.1. The lowest BCUT2D eigenvalue weighted by molar-refractivity contribution is -0.122. The van der Waals surface area contributed by atoms with E-state index in [4.69, 9.17) is 19.6 Å². The largest absolute Gasteiger partial charge is 0.483 e. The van der Waals surface area contributed by atoms with E-state index in [-0.39, 0.29) is 12.6 Å². The summed E-state index contributed by atoms with van der Waals surface area (Å²) < 4.78 is 6.02. The molecule has 0 radical (unpaired) electrons. The predicted molar refractivity (Wildman–Crippen MR) is 137 cm³/mol. The molecule has 0 spiro atoms. The van der Waals surface area contributed by atoms with Gasteiger partial charge in [-0.25, -0.2) is 15.4 Å². The van der Waals surface area contributed by atoms with Crippen LogP contribution in [0.25, 0.3) is 11.3 Å². The molecule has 2 aromatic heterocycles. The zero-order chi connectivity index (χ0) is 24.9. The van der Waals surface area contributed by atoms with Gasteiger partial charge in [-0.15, -0.1) is 0 Å². The van der Waals surface area contributed by atoms with E-state index in [0.717, 1.165) is 41.1 Å². The van der Waals surface area contributed by atoms with Crippen LogP contribution in [0.15, 0.2) is 72.0 Å². The Labute approximate surface area is 206 Å². The van der Waals surface area contributed by atoms with Crippen LogP contribution in [0, 0.1) is 0 Å². The van der Waals surface area contributed by atoms with Crippen LogP contribution in [0.5, 0.6) is 5.88 Å². The maximum absolute atomic E-state index is 8.36. The van der Waals surface area contributed by atoms with Crippen molar-refractivity contribution in [3.63, 3.8) is 0 Å². The summed E-state index contributed by atoms with van der Waals surface area (Å²) in [6, 6.07) is 18.1. The number of hydrazine groups is 1. The van der Waals surface area contributed by atoms with Crippen LogP contribution in [-0.4, -0.2) is 33.5 Å². The third-order valence-electron chi connectivity index (χ3n) is 5.61. The van der Waals surface area contributed by atoms with E-state index in [1.165, 1.54) is 19.3 Å². The first-order chi connectivity index (χ1) is 17.3. The number of nitrogens with one attached hydrogen (secondary N) is 2. The van der Waals surface area contributed by atoms with Crippen LogP contribution in [-0.2, 0) is 4.79 Å². The van der Waals surface area contributed by atoms with E-state index in [1.54, 1.807) is 0 Å². The monoisotopic (exact) mass is 475 g/mol. The number of hydrogen-bond acceptors (Lipinski definition) is 7. The lowest BCUT2D eigenvalue weighted by atomic mass is 9.98. The lowest BCUT2D eigenvalue weighted by Gasteiger charge is -2.22. The van der Waals surface area contributed by atoms with Crippen LogP contribution in [0.3, 0.4) is 0 Å². The number of benzene rings is 1. The van der Waals surface area contributed by atoms with Crippen molar-refractivity contribution in [2.45, 2.75) is 58.2 Å². The number of carbonyl (C=O) groups is 1. The van der Waals surface area contributed by atoms with E-state index in [9.17, 15) is 0 Å². The second kappa shape index (κ2) is 13.8. The lowest BCUT2D eigenvalue weighted by Crippen LogP contribution is -2.31. The topological polar surface area (TPSA) is 109 Å². The van der Waals surface area contributed by atoms with Crippen LogP contribution >= 0.6 is 0 Å². The Bertz CT molecular complexity index is 1050. The SMILES string of the molecule is CC.O=CO.c1ccc(C2=NC(c3ccc(-c4ccc(OC5CCCCC5)nc4)nc3)NN2)cc1. The van der Waals surface area contributed by atoms with Gasteiger partial charge in [0.1, 0.15) is 18.1 Å². The highest BCUT2D eigenvalue weighted by Crippen LogP contribution is 2.25. The van der Waals surface area contributed by atoms with E-state index in [2.05, 4.69) is 20.8 Å². The molecule has 0 saturated heterocycles. The van der Waals surface area contributed by atoms with Crippen molar-refractivity contribution in [2.75, 3.05) is 0 Å². The third kappa shape index (κ3) is 7.35. The number of aromatic nitrogens is 2. The summed E-state index contributed by atoms with van der Waals surface area (Å²) in [5, 5.41) is 6.89. The fourth-order valence-electron chi connectivity index (χ4n) is 3.92. The average molecular weight is 476 g/mol. The fraction of sp³-hybridized carbons (Fsp3) is 0.333. The molecule has 1 aromatic carbocycles. The Hall–Kier alpha value is -3.78. The van der Waals surface area contributed by atoms with Crippen LogP contribution in [0.2, 0.25) is 0 Å². The van der Waals surface area contributed by atoms with Gasteiger partial charge in [-0.2, -0.15) is 0 Å². The standard InChI is InChI=1S/C24H25N5O.C2H6.CH2O2/c1-3-7-17(8-4-1)23-27-24(29-28-23)19-11-13-21(25-16-19)18-12-14-22(26-15-18)30-20-9-5-2-6-10-20;1-2;2-1-3/h1,3-4,7-8,11-16,20,24,29H,2,5-6,9-10H2,(H,27,28);1-2H3;1H,(H,2,3). The highest BCUT2D eigenvalue weighted by molar-refractivity contribution is 5.99. The molecular formula is C27H33N5O3. The quantitative estimate of drug-likeness (QED) is 0.439. The summed E-state index contributed by atoms with van der Waals surface area (Å²) in [6.07, 6.45) is 9.92. The van der Waals surface area contributed by atoms with Gasteiger partial charge in [0.25, 0.3) is 6.47 Å². The van der Waals surface area contributed by atoms with Gasteiger partial charge < -0.3 is 15.3 Å². The second-order valence-electron chi connectivity index (χ2n) is 7.86. The zero-order valence-corrected chi connectivity index (χ0v) is 20.2. The molecule has 1 aliphatic heterocycles. The van der Waals surface area contributed by atoms with Gasteiger partial charge in [0, 0.05) is 35.2 Å². The summed E-state index contributed by atoms with van der Waals surface area (Å²) in [5.74, 6) is 1.54. The van der Waals surface area contributed by atoms with Gasteiger partial charge in [-0.1, -0.05) is 56.7 Å². The number of hydrogen-bond donors (Lipinski definition) is 3. The summed E-state index contributed by atoms with van der Waals surface area (Å²) >= 11 is 0. The maximum Gasteiger partial charge on any atom is 0.290 e. The molecule has 3 aromatic rings. The summed E-state index contributed by atoms with van der Waals surface area (Å²) in [7, 11) is 0. The number of pyridine rings is 2. The third-order valence-corrected chi connectivity index (χ3v) is 5.61. The molecule has 3 heterocycles. The van der Waals surface area contributed by atoms with Crippen LogP contribution in [0.4, 0.5) is 0 Å². The summed E-state index contributed by atoms with van der Waals surface area (Å²) in [6.45, 7) is 3.75. The van der Waals surface area contributed by atoms with Crippen LogP contribution in [0.1, 0.15) is 63.2 Å². The van der Waals surface area contributed by atoms with Crippen molar-refractivity contribution >= 4 is 12.3 Å². The van der Waals surface area contributed by atoms with E-state index in [0.29, 0.717) is 12.0 Å². The molecule has 0 bridgehead atoms. The molecule has 1 saturated carbocycles. The number of amidine groups is 1. The van der Waals surface area contributed by atoms with Gasteiger partial charge in [0.15, 0.2) is 0 Å². The van der Waals surface area contributed by atoms with Gasteiger partial charge in [-0.05, 0) is 37.8 Å². The normalized spacial score (nSPS) is 17.0. The molecule has 3 N–H and O–H groups in total. The number of rotatable bonds is 5. The summed E-state index contributed by atoms with van der Waals surface area (Å²) in [4.78, 5) is 22.2. The van der Waals surface area contributed by atoms with Crippen molar-refractivity contribution in [2.24, 2.45) is 4.99 Å². The molecule has 184 valence electrons. The molecule has 35 heavy (non-hydrogen) atoms. The summed E-state index contributed by atoms with van der Waals surface area (Å²) in [5.41, 5.74) is 10.3. The molecule has 1 atom stereocenters. The minimum Gasteiger partial charge on any atom is -0.483 e. The predicted octanol–water partition coefficient (Wildman–Crippen LogP) is 5.14. The van der Waals surface area contributed by atoms with Crippen LogP contribution < -0.4 is 15.6 Å². The Balaban J connectivity index is 0.000000638. The Morgan fingerprint density at radius 2 is 1.66 bits per heavy atom. The zero-order valence-electron chi connectivity index (χ0n) is 20.2. The van der Waals surface area contributed by atoms with Crippen molar-refractivity contribution in [1.82, 2.24) is 20.8 Å². The minimum absolute atomic E-state index is 0.161. The number of aliphatic imine (C=N–C) groups is 1. The number of nitrogens with zero attached hydrogens (tertiary/aromatic N) is 3. The molecule has 0 amide bonds. The van der Waals surface area contributed by atoms with Gasteiger partial charge in [-0.3, -0.25) is 9.78 Å².